The first-order valence-electron chi connectivity index (χ1n) is 13.0. The Balaban J connectivity index is 1.44. The van der Waals surface area contributed by atoms with Gasteiger partial charge >= 0.3 is 0 Å². The van der Waals surface area contributed by atoms with E-state index in [1.165, 1.54) is 24.3 Å². The summed E-state index contributed by atoms with van der Waals surface area (Å²) in [5, 5.41) is 33.3. The Hall–Kier alpha value is -4.24. The van der Waals surface area contributed by atoms with Crippen LogP contribution in [0.5, 0.6) is 17.2 Å². The van der Waals surface area contributed by atoms with Crippen molar-refractivity contribution in [1.82, 2.24) is 15.0 Å². The first-order chi connectivity index (χ1) is 19.0. The molecule has 40 heavy (non-hydrogen) atoms. The number of rotatable bonds is 6. The van der Waals surface area contributed by atoms with Gasteiger partial charge < -0.3 is 53.4 Å². The van der Waals surface area contributed by atoms with Gasteiger partial charge in [0.15, 0.2) is 5.78 Å². The summed E-state index contributed by atoms with van der Waals surface area (Å²) < 4.78 is 0. The van der Waals surface area contributed by atoms with E-state index in [9.17, 15) is 20.1 Å². The number of ketones is 1. The molecule has 0 radical (unpaired) electrons. The zero-order chi connectivity index (χ0) is 28.6. The molecule has 4 unspecified atom stereocenters. The third-order valence-corrected chi connectivity index (χ3v) is 6.93. The van der Waals surface area contributed by atoms with Crippen molar-refractivity contribution in [3.05, 3.63) is 47.5 Å². The second-order valence-corrected chi connectivity index (χ2v) is 10.5. The van der Waals surface area contributed by atoms with E-state index in [2.05, 4.69) is 15.3 Å². The van der Waals surface area contributed by atoms with E-state index in [4.69, 9.17) is 27.9 Å². The number of aromatic hydroxyl groups is 3. The van der Waals surface area contributed by atoms with Crippen LogP contribution in [0.15, 0.2) is 36.4 Å². The summed E-state index contributed by atoms with van der Waals surface area (Å²) in [6.45, 7) is 2.10. The van der Waals surface area contributed by atoms with Crippen LogP contribution < -0.4 is 38.1 Å². The van der Waals surface area contributed by atoms with Crippen molar-refractivity contribution >= 4 is 29.3 Å². The standard InChI is InChI=1S/C26H34N10O4/c27-13-5-14(28)10-35(9-13)25-32-24(33-26(34-25)36-11-15(29)6-16(30)12-36)31-17-1-3-19(21(38)7-17)23(40)20-4-2-18(37)8-22(20)39/h1-4,7-8,13-16,37-39H,5-6,9-12,27-30H2,(H,31,32,33,34). The number of phenols is 3. The monoisotopic (exact) mass is 550 g/mol. The molecule has 4 atom stereocenters. The molecule has 0 spiro atoms. The van der Waals surface area contributed by atoms with Gasteiger partial charge in [0, 0.05) is 68.2 Å². The fourth-order valence-electron chi connectivity index (χ4n) is 5.16. The quantitative estimate of drug-likeness (QED) is 0.184. The summed E-state index contributed by atoms with van der Waals surface area (Å²) in [5.41, 5.74) is 25.2. The maximum Gasteiger partial charge on any atom is 0.233 e. The fourth-order valence-corrected chi connectivity index (χ4v) is 5.16. The van der Waals surface area contributed by atoms with Crippen molar-refractivity contribution in [1.29, 1.82) is 0 Å². The van der Waals surface area contributed by atoms with Crippen molar-refractivity contribution in [2.75, 3.05) is 41.3 Å². The zero-order valence-electron chi connectivity index (χ0n) is 21.8. The lowest BCUT2D eigenvalue weighted by atomic mass is 10.0. The lowest BCUT2D eigenvalue weighted by Gasteiger charge is -2.37. The molecule has 3 heterocycles. The predicted molar refractivity (Wildman–Crippen MR) is 150 cm³/mol. The summed E-state index contributed by atoms with van der Waals surface area (Å²) in [4.78, 5) is 30.6. The third kappa shape index (κ3) is 5.99. The van der Waals surface area contributed by atoms with Gasteiger partial charge in [-0.25, -0.2) is 0 Å². The number of piperidine rings is 2. The minimum absolute atomic E-state index is 0.0313. The molecule has 2 aliphatic rings. The highest BCUT2D eigenvalue weighted by Gasteiger charge is 2.29. The Bertz CT molecular complexity index is 1340. The molecular formula is C26H34N10O4. The first kappa shape index (κ1) is 27.3. The first-order valence-corrected chi connectivity index (χ1v) is 13.0. The van der Waals surface area contributed by atoms with Crippen LogP contribution in [-0.4, -0.2) is 86.4 Å². The number of hydrogen-bond donors (Lipinski definition) is 8. The van der Waals surface area contributed by atoms with Gasteiger partial charge in [0.05, 0.1) is 11.1 Å². The van der Waals surface area contributed by atoms with Crippen LogP contribution in [0.4, 0.5) is 23.5 Å². The average Bonchev–Trinajstić information content (AvgIpc) is 2.87. The van der Waals surface area contributed by atoms with E-state index >= 15 is 0 Å². The van der Waals surface area contributed by atoms with Crippen LogP contribution >= 0.6 is 0 Å². The molecule has 14 nitrogen and oxygen atoms in total. The molecule has 0 bridgehead atoms. The summed E-state index contributed by atoms with van der Waals surface area (Å²) in [6, 6.07) is 7.43. The van der Waals surface area contributed by atoms with Gasteiger partial charge in [0.2, 0.25) is 17.8 Å². The number of aromatic nitrogens is 3. The molecule has 212 valence electrons. The molecule has 2 aromatic carbocycles. The number of benzene rings is 2. The van der Waals surface area contributed by atoms with Crippen LogP contribution in [0.25, 0.3) is 0 Å². The summed E-state index contributed by atoms with van der Waals surface area (Å²) in [5.74, 6) is -0.522. The van der Waals surface area contributed by atoms with E-state index in [0.29, 0.717) is 56.6 Å². The average molecular weight is 551 g/mol. The maximum atomic E-state index is 12.9. The van der Waals surface area contributed by atoms with Gasteiger partial charge in [-0.15, -0.1) is 0 Å². The predicted octanol–water partition coefficient (Wildman–Crippen LogP) is -0.308. The highest BCUT2D eigenvalue weighted by Crippen LogP contribution is 2.31. The van der Waals surface area contributed by atoms with Crippen LogP contribution in [0, 0.1) is 0 Å². The molecule has 0 amide bonds. The van der Waals surface area contributed by atoms with E-state index in [1.54, 1.807) is 6.07 Å². The molecular weight excluding hydrogens is 516 g/mol. The van der Waals surface area contributed by atoms with Gasteiger partial charge in [0.25, 0.3) is 0 Å². The molecule has 5 rings (SSSR count). The smallest absolute Gasteiger partial charge is 0.233 e. The van der Waals surface area contributed by atoms with Crippen LogP contribution in [0.2, 0.25) is 0 Å². The third-order valence-electron chi connectivity index (χ3n) is 6.93. The molecule has 2 fully saturated rings. The Kier molecular flexibility index (Phi) is 7.58. The van der Waals surface area contributed by atoms with Crippen molar-refractivity contribution < 1.29 is 20.1 Å². The zero-order valence-corrected chi connectivity index (χ0v) is 21.8. The van der Waals surface area contributed by atoms with Crippen LogP contribution in [-0.2, 0) is 0 Å². The number of nitrogens with zero attached hydrogens (tertiary/aromatic N) is 5. The normalized spacial score (nSPS) is 23.2. The summed E-state index contributed by atoms with van der Waals surface area (Å²) in [7, 11) is 0. The summed E-state index contributed by atoms with van der Waals surface area (Å²) in [6.07, 6.45) is 1.39. The fraction of sp³-hybridized carbons (Fsp3) is 0.385. The van der Waals surface area contributed by atoms with Crippen molar-refractivity contribution in [2.24, 2.45) is 22.9 Å². The van der Waals surface area contributed by atoms with Gasteiger partial charge in [-0.2, -0.15) is 15.0 Å². The number of phenolic OH excluding ortho intramolecular Hbond substituents is 3. The van der Waals surface area contributed by atoms with Gasteiger partial charge in [0.1, 0.15) is 17.2 Å². The number of nitrogens with two attached hydrogens (primary N) is 4. The SMILES string of the molecule is NC1CC(N)CN(c2nc(Nc3ccc(C(=O)c4ccc(O)cc4O)c(O)c3)nc(N3CC(N)CC(N)C3)n2)C1. The number of carbonyl (C=O) groups is 1. The molecule has 2 saturated heterocycles. The lowest BCUT2D eigenvalue weighted by molar-refractivity contribution is 0.103. The van der Waals surface area contributed by atoms with E-state index in [1.807, 2.05) is 9.80 Å². The molecule has 12 N–H and O–H groups in total. The van der Waals surface area contributed by atoms with E-state index in [0.717, 1.165) is 6.07 Å². The Morgan fingerprint density at radius 1 is 0.725 bits per heavy atom. The maximum absolute atomic E-state index is 12.9. The minimum atomic E-state index is -0.609. The van der Waals surface area contributed by atoms with E-state index in [-0.39, 0.29) is 52.7 Å². The number of carbonyl (C=O) groups excluding carboxylic acids is 1. The van der Waals surface area contributed by atoms with Crippen molar-refractivity contribution in [3.63, 3.8) is 0 Å². The molecule has 0 saturated carbocycles. The number of nitrogens with one attached hydrogen (secondary N) is 1. The van der Waals surface area contributed by atoms with Gasteiger partial charge in [-0.1, -0.05) is 0 Å². The van der Waals surface area contributed by atoms with Crippen LogP contribution in [0.1, 0.15) is 28.8 Å². The second-order valence-electron chi connectivity index (χ2n) is 10.5. The number of anilines is 4. The molecule has 1 aromatic heterocycles. The van der Waals surface area contributed by atoms with Crippen molar-refractivity contribution in [3.8, 4) is 17.2 Å². The Labute approximate surface area is 230 Å². The highest BCUT2D eigenvalue weighted by molar-refractivity contribution is 6.12. The highest BCUT2D eigenvalue weighted by atomic mass is 16.3. The van der Waals surface area contributed by atoms with Crippen LogP contribution in [0.3, 0.4) is 0 Å². The Morgan fingerprint density at radius 2 is 1.20 bits per heavy atom. The molecule has 3 aromatic rings. The largest absolute Gasteiger partial charge is 0.508 e. The molecule has 2 aliphatic heterocycles. The van der Waals surface area contributed by atoms with Gasteiger partial charge in [-0.3, -0.25) is 4.79 Å². The van der Waals surface area contributed by atoms with E-state index < -0.39 is 11.5 Å². The van der Waals surface area contributed by atoms with Crippen molar-refractivity contribution in [2.45, 2.75) is 37.0 Å². The van der Waals surface area contributed by atoms with Gasteiger partial charge in [-0.05, 0) is 37.1 Å². The number of hydrogen-bond acceptors (Lipinski definition) is 14. The molecule has 14 heteroatoms. The Morgan fingerprint density at radius 3 is 1.68 bits per heavy atom. The topological polar surface area (TPSA) is 239 Å². The molecule has 0 aliphatic carbocycles. The minimum Gasteiger partial charge on any atom is -0.508 e. The summed E-state index contributed by atoms with van der Waals surface area (Å²) >= 11 is 0. The lowest BCUT2D eigenvalue weighted by Crippen LogP contribution is -2.54. The second kappa shape index (κ2) is 11.1.